The second-order valence-electron chi connectivity index (χ2n) is 10.6. The molecular weight excluding hydrogens is 481 g/mol. The molecule has 37 heavy (non-hydrogen) atoms. The van der Waals surface area contributed by atoms with Crippen LogP contribution in [0.2, 0.25) is 0 Å². The van der Waals surface area contributed by atoms with Gasteiger partial charge in [-0.05, 0) is 65.1 Å². The summed E-state index contributed by atoms with van der Waals surface area (Å²) in [6, 6.07) is 4.74. The standard InChI is InChI=1S/C26H30FN5O5/c1-25(2,3)36-23(33)31-21-17-13-29-19(28)11-14(17)9-16(20(21)27)15-10-18-22(30-12-15)35-8-7-32(18)24(34)37-26(4,5)6/h9-13H,7-8H2,1-6H3,(H2,28,29)(H,31,33). The van der Waals surface area contributed by atoms with Crippen molar-refractivity contribution in [3.63, 3.8) is 0 Å². The van der Waals surface area contributed by atoms with E-state index in [2.05, 4.69) is 15.3 Å². The molecular formula is C26H30FN5O5. The molecule has 4 rings (SSSR count). The second kappa shape index (κ2) is 9.38. The highest BCUT2D eigenvalue weighted by Crippen LogP contribution is 2.39. The highest BCUT2D eigenvalue weighted by Gasteiger charge is 2.30. The fourth-order valence-electron chi connectivity index (χ4n) is 3.78. The van der Waals surface area contributed by atoms with Crippen LogP contribution in [-0.2, 0) is 9.47 Å². The van der Waals surface area contributed by atoms with Gasteiger partial charge in [-0.15, -0.1) is 0 Å². The summed E-state index contributed by atoms with van der Waals surface area (Å²) in [5, 5.41) is 3.38. The maximum Gasteiger partial charge on any atom is 0.415 e. The minimum absolute atomic E-state index is 0.118. The van der Waals surface area contributed by atoms with Crippen LogP contribution in [0.25, 0.3) is 21.9 Å². The molecule has 2 amide bonds. The van der Waals surface area contributed by atoms with Crippen LogP contribution < -0.4 is 20.7 Å². The first kappa shape index (κ1) is 25.9. The van der Waals surface area contributed by atoms with Crippen LogP contribution in [0.3, 0.4) is 0 Å². The predicted molar refractivity (Wildman–Crippen MR) is 138 cm³/mol. The zero-order valence-corrected chi connectivity index (χ0v) is 21.6. The van der Waals surface area contributed by atoms with Crippen molar-refractivity contribution < 1.29 is 28.2 Å². The van der Waals surface area contributed by atoms with E-state index in [0.717, 1.165) is 0 Å². The van der Waals surface area contributed by atoms with Gasteiger partial charge in [0.2, 0.25) is 5.88 Å². The van der Waals surface area contributed by atoms with Crippen LogP contribution in [0, 0.1) is 5.82 Å². The van der Waals surface area contributed by atoms with Gasteiger partial charge in [0.05, 0.1) is 12.2 Å². The Morgan fingerprint density at radius 2 is 1.76 bits per heavy atom. The second-order valence-corrected chi connectivity index (χ2v) is 10.6. The molecule has 3 aromatic rings. The van der Waals surface area contributed by atoms with Gasteiger partial charge in [-0.3, -0.25) is 10.2 Å². The van der Waals surface area contributed by atoms with E-state index < -0.39 is 29.2 Å². The minimum Gasteiger partial charge on any atom is -0.474 e. The molecule has 11 heteroatoms. The Balaban J connectivity index is 1.82. The molecule has 0 radical (unpaired) electrons. The number of nitrogens with zero attached hydrogens (tertiary/aromatic N) is 3. The molecule has 196 valence electrons. The topological polar surface area (TPSA) is 129 Å². The normalized spacial score (nSPS) is 13.5. The number of rotatable bonds is 2. The quantitative estimate of drug-likeness (QED) is 0.462. The fourth-order valence-corrected chi connectivity index (χ4v) is 3.78. The number of halogens is 1. The number of aromatic nitrogens is 2. The lowest BCUT2D eigenvalue weighted by Gasteiger charge is -2.31. The Morgan fingerprint density at radius 1 is 1.05 bits per heavy atom. The summed E-state index contributed by atoms with van der Waals surface area (Å²) in [5.74, 6) is -0.281. The van der Waals surface area contributed by atoms with E-state index in [1.165, 1.54) is 17.3 Å². The number of benzene rings is 1. The number of hydrogen-bond acceptors (Lipinski definition) is 8. The third-order valence-electron chi connectivity index (χ3n) is 5.21. The van der Waals surface area contributed by atoms with Gasteiger partial charge in [0.15, 0.2) is 5.82 Å². The number of nitrogens with one attached hydrogen (secondary N) is 1. The number of ether oxygens (including phenoxy) is 3. The van der Waals surface area contributed by atoms with Crippen molar-refractivity contribution in [2.75, 3.05) is 29.1 Å². The van der Waals surface area contributed by atoms with E-state index in [9.17, 15) is 9.59 Å². The van der Waals surface area contributed by atoms with E-state index in [0.29, 0.717) is 22.0 Å². The summed E-state index contributed by atoms with van der Waals surface area (Å²) in [4.78, 5) is 35.1. The molecule has 0 fully saturated rings. The maximum atomic E-state index is 16.0. The highest BCUT2D eigenvalue weighted by atomic mass is 19.1. The Kier molecular flexibility index (Phi) is 6.57. The number of pyridine rings is 2. The lowest BCUT2D eigenvalue weighted by molar-refractivity contribution is 0.0565. The van der Waals surface area contributed by atoms with Gasteiger partial charge in [-0.2, -0.15) is 0 Å². The van der Waals surface area contributed by atoms with Crippen molar-refractivity contribution in [3.8, 4) is 17.0 Å². The van der Waals surface area contributed by atoms with E-state index in [4.69, 9.17) is 19.9 Å². The largest absolute Gasteiger partial charge is 0.474 e. The van der Waals surface area contributed by atoms with Gasteiger partial charge in [-0.25, -0.2) is 23.9 Å². The smallest absolute Gasteiger partial charge is 0.415 e. The van der Waals surface area contributed by atoms with Crippen molar-refractivity contribution in [1.29, 1.82) is 0 Å². The molecule has 3 N–H and O–H groups in total. The monoisotopic (exact) mass is 511 g/mol. The summed E-state index contributed by atoms with van der Waals surface area (Å²) in [6.45, 7) is 10.9. The van der Waals surface area contributed by atoms with Crippen molar-refractivity contribution in [3.05, 3.63) is 36.4 Å². The van der Waals surface area contributed by atoms with Gasteiger partial charge in [-0.1, -0.05) is 0 Å². The molecule has 2 aromatic heterocycles. The van der Waals surface area contributed by atoms with Gasteiger partial charge in [0.1, 0.15) is 29.3 Å². The first-order chi connectivity index (χ1) is 17.2. The highest BCUT2D eigenvalue weighted by molar-refractivity contribution is 6.04. The van der Waals surface area contributed by atoms with Crippen LogP contribution in [0.4, 0.5) is 31.2 Å². The van der Waals surface area contributed by atoms with Crippen molar-refractivity contribution >= 4 is 40.2 Å². The van der Waals surface area contributed by atoms with E-state index >= 15 is 4.39 Å². The first-order valence-corrected chi connectivity index (χ1v) is 11.7. The van der Waals surface area contributed by atoms with Crippen LogP contribution in [0.1, 0.15) is 41.5 Å². The first-order valence-electron chi connectivity index (χ1n) is 11.7. The minimum atomic E-state index is -0.824. The number of carbonyl (C=O) groups is 2. The number of fused-ring (bicyclic) bond motifs is 2. The van der Waals surface area contributed by atoms with Gasteiger partial charge in [0, 0.05) is 28.9 Å². The number of nitrogens with two attached hydrogens (primary N) is 1. The Bertz CT molecular complexity index is 1380. The number of nitrogen functional groups attached to an aromatic ring is 1. The number of amides is 2. The molecule has 0 saturated heterocycles. The molecule has 1 aromatic carbocycles. The SMILES string of the molecule is CC(C)(C)OC(=O)Nc1c(F)c(-c2cnc3c(c2)N(C(=O)OC(C)(C)C)CCO3)cc2cc(N)ncc12. The van der Waals surface area contributed by atoms with E-state index in [1.807, 2.05) is 0 Å². The van der Waals surface area contributed by atoms with E-state index in [1.54, 1.807) is 59.7 Å². The number of carbonyl (C=O) groups excluding carboxylic acids is 2. The summed E-state index contributed by atoms with van der Waals surface area (Å²) in [5.41, 5.74) is 5.07. The molecule has 0 unspecified atom stereocenters. The molecule has 0 bridgehead atoms. The lowest BCUT2D eigenvalue weighted by atomic mass is 10.00. The van der Waals surface area contributed by atoms with Crippen LogP contribution in [0.15, 0.2) is 30.6 Å². The Hall–Kier alpha value is -4.15. The summed E-state index contributed by atoms with van der Waals surface area (Å²) >= 11 is 0. The lowest BCUT2D eigenvalue weighted by Crippen LogP contribution is -2.41. The summed E-state index contributed by atoms with van der Waals surface area (Å²) < 4.78 is 32.5. The molecule has 3 heterocycles. The van der Waals surface area contributed by atoms with Crippen molar-refractivity contribution in [2.45, 2.75) is 52.7 Å². The molecule has 0 aliphatic carbocycles. The molecule has 1 aliphatic rings. The molecule has 10 nitrogen and oxygen atoms in total. The van der Waals surface area contributed by atoms with Crippen LogP contribution in [0.5, 0.6) is 5.88 Å². The summed E-state index contributed by atoms with van der Waals surface area (Å²) in [7, 11) is 0. The zero-order chi connectivity index (χ0) is 27.1. The summed E-state index contributed by atoms with van der Waals surface area (Å²) in [6.07, 6.45) is 1.42. The van der Waals surface area contributed by atoms with Crippen LogP contribution >= 0.6 is 0 Å². The third kappa shape index (κ3) is 5.82. The fraction of sp³-hybridized carbons (Fsp3) is 0.385. The van der Waals surface area contributed by atoms with E-state index in [-0.39, 0.29) is 36.1 Å². The number of hydrogen-bond donors (Lipinski definition) is 2. The van der Waals surface area contributed by atoms with Gasteiger partial charge < -0.3 is 19.9 Å². The molecule has 1 aliphatic heterocycles. The van der Waals surface area contributed by atoms with Crippen molar-refractivity contribution in [1.82, 2.24) is 9.97 Å². The predicted octanol–water partition coefficient (Wildman–Crippen LogP) is 5.50. The number of anilines is 3. The average Bonchev–Trinajstić information content (AvgIpc) is 2.77. The average molecular weight is 512 g/mol. The van der Waals surface area contributed by atoms with Crippen LogP contribution in [-0.4, -0.2) is 46.5 Å². The van der Waals surface area contributed by atoms with Gasteiger partial charge in [0.25, 0.3) is 0 Å². The Labute approximate surface area is 213 Å². The molecule has 0 saturated carbocycles. The maximum absolute atomic E-state index is 16.0. The Morgan fingerprint density at radius 3 is 2.43 bits per heavy atom. The van der Waals surface area contributed by atoms with Crippen molar-refractivity contribution in [2.24, 2.45) is 0 Å². The third-order valence-corrected chi connectivity index (χ3v) is 5.21. The molecule has 0 atom stereocenters. The zero-order valence-electron chi connectivity index (χ0n) is 21.6. The van der Waals surface area contributed by atoms with Gasteiger partial charge >= 0.3 is 12.2 Å². The molecule has 0 spiro atoms.